The van der Waals surface area contributed by atoms with Crippen LogP contribution in [0.2, 0.25) is 0 Å². The summed E-state index contributed by atoms with van der Waals surface area (Å²) in [5.74, 6) is 0.631. The molecule has 0 spiro atoms. The minimum atomic E-state index is -0.653. The molecule has 0 bridgehead atoms. The fourth-order valence-electron chi connectivity index (χ4n) is 4.19. The van der Waals surface area contributed by atoms with Gasteiger partial charge in [0.25, 0.3) is 0 Å². The molecule has 6 heteroatoms. The summed E-state index contributed by atoms with van der Waals surface area (Å²) >= 11 is 0. The van der Waals surface area contributed by atoms with Crippen molar-refractivity contribution < 1.29 is 19.1 Å². The van der Waals surface area contributed by atoms with Crippen LogP contribution in [0.1, 0.15) is 48.9 Å². The van der Waals surface area contributed by atoms with E-state index in [1.165, 1.54) is 6.92 Å². The standard InChI is InChI=1S/C21H30N2O4/c1-12-13(2)19-16(14(3)18(12)26-15(4)24)17(21(5,6)27-19)20(25)23-10-8-22(7)9-11-23/h17H,8-11H2,1-7H3. The zero-order valence-corrected chi connectivity index (χ0v) is 17.4. The molecule has 1 aromatic carbocycles. The number of carbonyl (C=O) groups is 2. The number of ether oxygens (including phenoxy) is 2. The molecule has 1 fully saturated rings. The molecular weight excluding hydrogens is 344 g/mol. The van der Waals surface area contributed by atoms with Crippen molar-refractivity contribution in [2.45, 2.75) is 53.1 Å². The number of likely N-dealkylation sites (N-methyl/N-ethyl adjacent to an activating group) is 1. The molecule has 1 amide bonds. The van der Waals surface area contributed by atoms with Crippen LogP contribution in [0.5, 0.6) is 11.5 Å². The van der Waals surface area contributed by atoms with Crippen molar-refractivity contribution in [1.82, 2.24) is 9.80 Å². The lowest BCUT2D eigenvalue weighted by atomic mass is 9.82. The normalized spacial score (nSPS) is 21.6. The van der Waals surface area contributed by atoms with Crippen LogP contribution in [0.15, 0.2) is 0 Å². The molecule has 6 nitrogen and oxygen atoms in total. The van der Waals surface area contributed by atoms with Crippen molar-refractivity contribution in [2.24, 2.45) is 0 Å². The average molecular weight is 374 g/mol. The summed E-state index contributed by atoms with van der Waals surface area (Å²) in [6, 6.07) is 0. The maximum absolute atomic E-state index is 13.5. The number of fused-ring (bicyclic) bond motifs is 1. The molecule has 1 saturated heterocycles. The van der Waals surface area contributed by atoms with E-state index in [0.29, 0.717) is 5.75 Å². The molecular formula is C21H30N2O4. The molecule has 2 aliphatic heterocycles. The van der Waals surface area contributed by atoms with Gasteiger partial charge in [0.1, 0.15) is 23.0 Å². The fourth-order valence-corrected chi connectivity index (χ4v) is 4.19. The highest BCUT2D eigenvalue weighted by atomic mass is 16.5. The van der Waals surface area contributed by atoms with Crippen molar-refractivity contribution in [3.63, 3.8) is 0 Å². The first-order valence-electron chi connectivity index (χ1n) is 9.53. The second-order valence-corrected chi connectivity index (χ2v) is 8.31. The third-order valence-corrected chi connectivity index (χ3v) is 5.89. The van der Waals surface area contributed by atoms with Crippen LogP contribution >= 0.6 is 0 Å². The van der Waals surface area contributed by atoms with E-state index in [1.807, 2.05) is 39.5 Å². The second-order valence-electron chi connectivity index (χ2n) is 8.31. The minimum Gasteiger partial charge on any atom is -0.486 e. The van der Waals surface area contributed by atoms with Crippen molar-refractivity contribution in [1.29, 1.82) is 0 Å². The Balaban J connectivity index is 2.09. The highest BCUT2D eigenvalue weighted by molar-refractivity contribution is 5.89. The predicted molar refractivity (Wildman–Crippen MR) is 103 cm³/mol. The van der Waals surface area contributed by atoms with Crippen molar-refractivity contribution in [3.8, 4) is 11.5 Å². The predicted octanol–water partition coefficient (Wildman–Crippen LogP) is 2.57. The topological polar surface area (TPSA) is 59.1 Å². The lowest BCUT2D eigenvalue weighted by Crippen LogP contribution is -2.51. The van der Waals surface area contributed by atoms with E-state index in [2.05, 4.69) is 11.9 Å². The molecule has 0 N–H and O–H groups in total. The number of hydrogen-bond acceptors (Lipinski definition) is 5. The lowest BCUT2D eigenvalue weighted by Gasteiger charge is -2.36. The Bertz CT molecular complexity index is 792. The van der Waals surface area contributed by atoms with Crippen molar-refractivity contribution in [3.05, 3.63) is 22.3 Å². The van der Waals surface area contributed by atoms with Gasteiger partial charge < -0.3 is 19.3 Å². The first-order chi connectivity index (χ1) is 12.5. The van der Waals surface area contributed by atoms with Gasteiger partial charge in [0.15, 0.2) is 0 Å². The number of piperazine rings is 1. The Morgan fingerprint density at radius 2 is 1.63 bits per heavy atom. The molecule has 148 valence electrons. The number of hydrogen-bond donors (Lipinski definition) is 0. The zero-order valence-electron chi connectivity index (χ0n) is 17.4. The highest BCUT2D eigenvalue weighted by Crippen LogP contribution is 2.52. The molecule has 27 heavy (non-hydrogen) atoms. The Morgan fingerprint density at radius 1 is 1.04 bits per heavy atom. The van der Waals surface area contributed by atoms with Crippen molar-refractivity contribution in [2.75, 3.05) is 33.2 Å². The molecule has 1 unspecified atom stereocenters. The molecule has 0 aromatic heterocycles. The fraction of sp³-hybridized carbons (Fsp3) is 0.619. The minimum absolute atomic E-state index is 0.0898. The Labute approximate surface area is 161 Å². The van der Waals surface area contributed by atoms with Crippen LogP contribution in [0.25, 0.3) is 0 Å². The largest absolute Gasteiger partial charge is 0.486 e. The van der Waals surface area contributed by atoms with E-state index in [9.17, 15) is 9.59 Å². The Kier molecular flexibility index (Phi) is 4.97. The maximum Gasteiger partial charge on any atom is 0.308 e. The summed E-state index contributed by atoms with van der Waals surface area (Å²) in [5.41, 5.74) is 2.84. The molecule has 0 aliphatic carbocycles. The third kappa shape index (κ3) is 3.31. The highest BCUT2D eigenvalue weighted by Gasteiger charge is 2.49. The number of benzene rings is 1. The van der Waals surface area contributed by atoms with Gasteiger partial charge in [-0.25, -0.2) is 0 Å². The van der Waals surface area contributed by atoms with Gasteiger partial charge in [-0.3, -0.25) is 9.59 Å². The lowest BCUT2D eigenvalue weighted by molar-refractivity contribution is -0.137. The van der Waals surface area contributed by atoms with Gasteiger partial charge in [0.05, 0.1) is 0 Å². The monoisotopic (exact) mass is 374 g/mol. The first kappa shape index (κ1) is 19.7. The van der Waals surface area contributed by atoms with Crippen LogP contribution in [0, 0.1) is 20.8 Å². The number of rotatable bonds is 2. The van der Waals surface area contributed by atoms with Gasteiger partial charge in [0, 0.05) is 38.7 Å². The number of amides is 1. The van der Waals surface area contributed by atoms with Gasteiger partial charge >= 0.3 is 5.97 Å². The van der Waals surface area contributed by atoms with Gasteiger partial charge in [-0.05, 0) is 58.4 Å². The number of carbonyl (C=O) groups excluding carboxylic acids is 2. The second kappa shape index (κ2) is 6.82. The molecule has 1 atom stereocenters. The summed E-state index contributed by atoms with van der Waals surface area (Å²) in [6.07, 6.45) is 0. The third-order valence-electron chi connectivity index (χ3n) is 5.89. The van der Waals surface area contributed by atoms with E-state index in [1.54, 1.807) is 0 Å². The van der Waals surface area contributed by atoms with E-state index in [4.69, 9.17) is 9.47 Å². The Morgan fingerprint density at radius 3 is 2.19 bits per heavy atom. The Hall–Kier alpha value is -2.08. The SMILES string of the molecule is CC(=O)Oc1c(C)c(C)c2c(c1C)C(C(=O)N1CCN(C)CC1)C(C)(C)O2. The molecule has 0 radical (unpaired) electrons. The summed E-state index contributed by atoms with van der Waals surface area (Å²) in [7, 11) is 2.07. The van der Waals surface area contributed by atoms with Crippen LogP contribution in [-0.4, -0.2) is 60.5 Å². The summed E-state index contributed by atoms with van der Waals surface area (Å²) < 4.78 is 11.8. The number of esters is 1. The van der Waals surface area contributed by atoms with Gasteiger partial charge in [-0.2, -0.15) is 0 Å². The van der Waals surface area contributed by atoms with E-state index < -0.39 is 11.5 Å². The smallest absolute Gasteiger partial charge is 0.308 e. The van der Waals surface area contributed by atoms with Gasteiger partial charge in [-0.15, -0.1) is 0 Å². The maximum atomic E-state index is 13.5. The van der Waals surface area contributed by atoms with Crippen LogP contribution in [-0.2, 0) is 9.59 Å². The summed E-state index contributed by atoms with van der Waals surface area (Å²) in [5, 5.41) is 0. The van der Waals surface area contributed by atoms with E-state index in [0.717, 1.165) is 54.2 Å². The van der Waals surface area contributed by atoms with E-state index in [-0.39, 0.29) is 11.9 Å². The van der Waals surface area contributed by atoms with Gasteiger partial charge in [0.2, 0.25) is 5.91 Å². The summed E-state index contributed by atoms with van der Waals surface area (Å²) in [4.78, 5) is 29.3. The number of nitrogens with zero attached hydrogens (tertiary/aromatic N) is 2. The first-order valence-corrected chi connectivity index (χ1v) is 9.53. The van der Waals surface area contributed by atoms with Crippen LogP contribution < -0.4 is 9.47 Å². The molecule has 2 heterocycles. The molecule has 2 aliphatic rings. The van der Waals surface area contributed by atoms with Crippen molar-refractivity contribution >= 4 is 11.9 Å². The van der Waals surface area contributed by atoms with Crippen LogP contribution in [0.3, 0.4) is 0 Å². The molecule has 0 saturated carbocycles. The molecule has 1 aromatic rings. The molecule has 3 rings (SSSR count). The van der Waals surface area contributed by atoms with E-state index >= 15 is 0 Å². The van der Waals surface area contributed by atoms with Crippen LogP contribution in [0.4, 0.5) is 0 Å². The average Bonchev–Trinajstić information content (AvgIpc) is 2.88. The zero-order chi connectivity index (χ0) is 20.1. The summed E-state index contributed by atoms with van der Waals surface area (Å²) in [6.45, 7) is 14.3. The quantitative estimate of drug-likeness (QED) is 0.588. The van der Waals surface area contributed by atoms with Gasteiger partial charge in [-0.1, -0.05) is 0 Å².